The van der Waals surface area contributed by atoms with Gasteiger partial charge < -0.3 is 11.1 Å². The number of anilines is 1. The summed E-state index contributed by atoms with van der Waals surface area (Å²) in [6.07, 6.45) is 6.35. The standard InChI is InChI=1S/C12H19N3OS/c1-8(9-5-3-2-4-6-9)14-11(16)10-7-17-12(13)15-10/h7-9H,2-6H2,1H3,(H2,13,15)(H,14,16). The van der Waals surface area contributed by atoms with Gasteiger partial charge >= 0.3 is 0 Å². The molecule has 0 aromatic carbocycles. The van der Waals surface area contributed by atoms with Crippen LogP contribution in [0.25, 0.3) is 0 Å². The number of thiazole rings is 1. The van der Waals surface area contributed by atoms with Gasteiger partial charge in [0.05, 0.1) is 0 Å². The Hall–Kier alpha value is -1.10. The van der Waals surface area contributed by atoms with E-state index in [1.165, 1.54) is 43.4 Å². The van der Waals surface area contributed by atoms with Crippen LogP contribution in [-0.2, 0) is 0 Å². The number of hydrogen-bond acceptors (Lipinski definition) is 4. The van der Waals surface area contributed by atoms with Crippen molar-refractivity contribution in [3.63, 3.8) is 0 Å². The van der Waals surface area contributed by atoms with Crippen molar-refractivity contribution in [3.05, 3.63) is 11.1 Å². The quantitative estimate of drug-likeness (QED) is 0.869. The van der Waals surface area contributed by atoms with Crippen LogP contribution in [0.2, 0.25) is 0 Å². The fourth-order valence-electron chi connectivity index (χ4n) is 2.42. The molecule has 1 aliphatic carbocycles. The monoisotopic (exact) mass is 253 g/mol. The second-order valence-corrected chi connectivity index (χ2v) is 5.62. The maximum Gasteiger partial charge on any atom is 0.271 e. The molecule has 4 nitrogen and oxygen atoms in total. The lowest BCUT2D eigenvalue weighted by atomic mass is 9.84. The molecule has 0 aliphatic heterocycles. The molecular weight excluding hydrogens is 234 g/mol. The Morgan fingerprint density at radius 1 is 1.53 bits per heavy atom. The second kappa shape index (κ2) is 5.49. The number of nitrogens with one attached hydrogen (secondary N) is 1. The van der Waals surface area contributed by atoms with Crippen molar-refractivity contribution in [2.75, 3.05) is 5.73 Å². The summed E-state index contributed by atoms with van der Waals surface area (Å²) < 4.78 is 0. The van der Waals surface area contributed by atoms with Gasteiger partial charge in [0, 0.05) is 11.4 Å². The zero-order chi connectivity index (χ0) is 12.3. The van der Waals surface area contributed by atoms with E-state index in [9.17, 15) is 4.79 Å². The van der Waals surface area contributed by atoms with Gasteiger partial charge in [0.15, 0.2) is 5.13 Å². The number of carbonyl (C=O) groups is 1. The fourth-order valence-corrected chi connectivity index (χ4v) is 2.97. The Kier molecular flexibility index (Phi) is 3.99. The number of hydrogen-bond donors (Lipinski definition) is 2. The molecule has 1 fully saturated rings. The van der Waals surface area contributed by atoms with Crippen LogP contribution >= 0.6 is 11.3 Å². The highest BCUT2D eigenvalue weighted by Crippen LogP contribution is 2.26. The zero-order valence-electron chi connectivity index (χ0n) is 10.1. The zero-order valence-corrected chi connectivity index (χ0v) is 10.9. The molecule has 1 heterocycles. The van der Waals surface area contributed by atoms with Gasteiger partial charge in [-0.05, 0) is 25.7 Å². The highest BCUT2D eigenvalue weighted by molar-refractivity contribution is 7.13. The highest BCUT2D eigenvalue weighted by atomic mass is 32.1. The molecule has 0 radical (unpaired) electrons. The molecule has 0 spiro atoms. The van der Waals surface area contributed by atoms with Gasteiger partial charge in [-0.15, -0.1) is 11.3 Å². The molecule has 0 saturated heterocycles. The van der Waals surface area contributed by atoms with Crippen molar-refractivity contribution in [1.82, 2.24) is 10.3 Å². The van der Waals surface area contributed by atoms with Gasteiger partial charge in [0.1, 0.15) is 5.69 Å². The summed E-state index contributed by atoms with van der Waals surface area (Å²) in [5.41, 5.74) is 5.96. The van der Waals surface area contributed by atoms with Gasteiger partial charge in [-0.1, -0.05) is 19.3 Å². The Labute approximate surface area is 106 Å². The number of carbonyl (C=O) groups excluding carboxylic acids is 1. The molecular formula is C12H19N3OS. The minimum Gasteiger partial charge on any atom is -0.375 e. The van der Waals surface area contributed by atoms with Crippen LogP contribution in [0.3, 0.4) is 0 Å². The minimum atomic E-state index is -0.101. The maximum atomic E-state index is 11.9. The van der Waals surface area contributed by atoms with Crippen molar-refractivity contribution in [2.24, 2.45) is 5.92 Å². The van der Waals surface area contributed by atoms with Crippen molar-refractivity contribution in [2.45, 2.75) is 45.1 Å². The third kappa shape index (κ3) is 3.19. The molecule has 5 heteroatoms. The van der Waals surface area contributed by atoms with Crippen LogP contribution < -0.4 is 11.1 Å². The summed E-state index contributed by atoms with van der Waals surface area (Å²) >= 11 is 1.30. The molecule has 1 amide bonds. The lowest BCUT2D eigenvalue weighted by Gasteiger charge is -2.28. The Morgan fingerprint density at radius 3 is 2.82 bits per heavy atom. The van der Waals surface area contributed by atoms with Crippen LogP contribution in [-0.4, -0.2) is 16.9 Å². The van der Waals surface area contributed by atoms with Crippen LogP contribution in [0.5, 0.6) is 0 Å². The maximum absolute atomic E-state index is 11.9. The topological polar surface area (TPSA) is 68.0 Å². The van der Waals surface area contributed by atoms with Crippen molar-refractivity contribution >= 4 is 22.4 Å². The SMILES string of the molecule is CC(NC(=O)c1csc(N)n1)C1CCCCC1. The number of nitrogens with two attached hydrogens (primary N) is 1. The van der Waals surface area contributed by atoms with E-state index in [0.29, 0.717) is 16.7 Å². The summed E-state index contributed by atoms with van der Waals surface area (Å²) in [6.45, 7) is 2.09. The predicted molar refractivity (Wildman–Crippen MR) is 70.0 cm³/mol. The Bertz CT molecular complexity index is 385. The fraction of sp³-hybridized carbons (Fsp3) is 0.667. The van der Waals surface area contributed by atoms with Crippen LogP contribution in [0.15, 0.2) is 5.38 Å². The van der Waals surface area contributed by atoms with E-state index in [1.54, 1.807) is 5.38 Å². The molecule has 3 N–H and O–H groups in total. The first-order chi connectivity index (χ1) is 8.16. The summed E-state index contributed by atoms with van der Waals surface area (Å²) in [4.78, 5) is 15.9. The van der Waals surface area contributed by atoms with Crippen LogP contribution in [0.1, 0.15) is 49.5 Å². The average molecular weight is 253 g/mol. The molecule has 0 bridgehead atoms. The van der Waals surface area contributed by atoms with E-state index in [4.69, 9.17) is 5.73 Å². The lowest BCUT2D eigenvalue weighted by molar-refractivity contribution is 0.0915. The molecule has 1 atom stereocenters. The van der Waals surface area contributed by atoms with Crippen molar-refractivity contribution in [3.8, 4) is 0 Å². The Morgan fingerprint density at radius 2 is 2.24 bits per heavy atom. The highest BCUT2D eigenvalue weighted by Gasteiger charge is 2.22. The van der Waals surface area contributed by atoms with Gasteiger partial charge in [-0.2, -0.15) is 0 Å². The van der Waals surface area contributed by atoms with Crippen LogP contribution in [0, 0.1) is 5.92 Å². The van der Waals surface area contributed by atoms with Crippen LogP contribution in [0.4, 0.5) is 5.13 Å². The van der Waals surface area contributed by atoms with Gasteiger partial charge in [0.2, 0.25) is 0 Å². The normalized spacial score (nSPS) is 18.9. The van der Waals surface area contributed by atoms with E-state index in [-0.39, 0.29) is 11.9 Å². The molecule has 17 heavy (non-hydrogen) atoms. The molecule has 1 saturated carbocycles. The summed E-state index contributed by atoms with van der Waals surface area (Å²) in [5.74, 6) is 0.514. The minimum absolute atomic E-state index is 0.101. The predicted octanol–water partition coefficient (Wildman–Crippen LogP) is 2.42. The smallest absolute Gasteiger partial charge is 0.271 e. The molecule has 1 aromatic heterocycles. The largest absolute Gasteiger partial charge is 0.375 e. The summed E-state index contributed by atoms with van der Waals surface area (Å²) in [7, 11) is 0. The van der Waals surface area contributed by atoms with E-state index < -0.39 is 0 Å². The van der Waals surface area contributed by atoms with Gasteiger partial charge in [0.25, 0.3) is 5.91 Å². The van der Waals surface area contributed by atoms with Gasteiger partial charge in [-0.3, -0.25) is 4.79 Å². The van der Waals surface area contributed by atoms with E-state index in [1.807, 2.05) is 0 Å². The third-order valence-electron chi connectivity index (χ3n) is 3.47. The molecule has 1 unspecified atom stereocenters. The summed E-state index contributed by atoms with van der Waals surface area (Å²) in [5, 5.41) is 5.18. The molecule has 1 aromatic rings. The lowest BCUT2D eigenvalue weighted by Crippen LogP contribution is -2.39. The Balaban J connectivity index is 1.89. The van der Waals surface area contributed by atoms with Crippen molar-refractivity contribution < 1.29 is 4.79 Å². The average Bonchev–Trinajstić information content (AvgIpc) is 2.77. The third-order valence-corrected chi connectivity index (χ3v) is 4.14. The first kappa shape index (κ1) is 12.4. The van der Waals surface area contributed by atoms with E-state index >= 15 is 0 Å². The number of rotatable bonds is 3. The molecule has 1 aliphatic rings. The van der Waals surface area contributed by atoms with E-state index in [0.717, 1.165) is 0 Å². The van der Waals surface area contributed by atoms with Gasteiger partial charge in [-0.25, -0.2) is 4.98 Å². The number of amides is 1. The number of nitrogen functional groups attached to an aromatic ring is 1. The molecule has 2 rings (SSSR count). The second-order valence-electron chi connectivity index (χ2n) is 4.73. The molecule has 94 valence electrons. The number of nitrogens with zero attached hydrogens (tertiary/aromatic N) is 1. The number of aromatic nitrogens is 1. The summed E-state index contributed by atoms with van der Waals surface area (Å²) in [6, 6.07) is 0.228. The van der Waals surface area contributed by atoms with Crippen molar-refractivity contribution in [1.29, 1.82) is 0 Å². The first-order valence-corrected chi connectivity index (χ1v) is 7.06. The first-order valence-electron chi connectivity index (χ1n) is 6.18. The van der Waals surface area contributed by atoms with E-state index in [2.05, 4.69) is 17.2 Å².